The zero-order chi connectivity index (χ0) is 30.8. The Labute approximate surface area is 245 Å². The summed E-state index contributed by atoms with van der Waals surface area (Å²) in [4.78, 5) is 53.4. The minimum absolute atomic E-state index is 0.00152. The Morgan fingerprint density at radius 1 is 0.605 bits per heavy atom. The molecule has 6 rings (SSSR count). The van der Waals surface area contributed by atoms with Crippen LogP contribution in [0.3, 0.4) is 0 Å². The van der Waals surface area contributed by atoms with Crippen molar-refractivity contribution >= 4 is 29.3 Å². The first-order valence-electron chi connectivity index (χ1n) is 13.5. The smallest absolute Gasteiger partial charge is 0.277 e. The molecule has 0 aliphatic carbocycles. The molecule has 4 amide bonds. The van der Waals surface area contributed by atoms with Crippen LogP contribution in [0, 0.1) is 6.92 Å². The molecule has 43 heavy (non-hydrogen) atoms. The van der Waals surface area contributed by atoms with Crippen molar-refractivity contribution in [3.05, 3.63) is 135 Å². The molecule has 0 saturated carbocycles. The molecule has 1 unspecified atom stereocenters. The van der Waals surface area contributed by atoms with Crippen molar-refractivity contribution in [1.82, 2.24) is 4.90 Å². The van der Waals surface area contributed by atoms with Gasteiger partial charge in [0.2, 0.25) is 0 Å². The Bertz CT molecular complexity index is 1850. The number of nitrogens with zero attached hydrogens (tertiary/aromatic N) is 2. The summed E-state index contributed by atoms with van der Waals surface area (Å²) in [6.45, 7) is 2.96. The molecule has 0 spiro atoms. The summed E-state index contributed by atoms with van der Waals surface area (Å²) < 4.78 is 44.5. The van der Waals surface area contributed by atoms with E-state index in [9.17, 15) is 32.3 Å². The van der Waals surface area contributed by atoms with E-state index >= 15 is 0 Å². The molecular weight excluding hydrogens is 557 g/mol. The largest absolute Gasteiger partial charge is 0.402 e. The zero-order valence-corrected chi connectivity index (χ0v) is 23.5. The van der Waals surface area contributed by atoms with Crippen LogP contribution in [0.15, 0.2) is 84.9 Å². The summed E-state index contributed by atoms with van der Waals surface area (Å²) in [5, 5.41) is 0. The van der Waals surface area contributed by atoms with Crippen LogP contribution >= 0.6 is 0 Å². The number of benzene rings is 4. The maximum absolute atomic E-state index is 14.8. The van der Waals surface area contributed by atoms with Crippen LogP contribution in [0.1, 0.15) is 76.2 Å². The lowest BCUT2D eigenvalue weighted by Gasteiger charge is -2.33. The van der Waals surface area contributed by atoms with Gasteiger partial charge in [-0.1, -0.05) is 54.1 Å². The van der Waals surface area contributed by atoms with Crippen LogP contribution in [0.25, 0.3) is 0 Å². The number of imide groups is 2. The molecule has 0 saturated heterocycles. The Kier molecular flexibility index (Phi) is 6.38. The first-order chi connectivity index (χ1) is 20.3. The average Bonchev–Trinajstić information content (AvgIpc) is 3.36. The van der Waals surface area contributed by atoms with E-state index in [4.69, 9.17) is 0 Å². The highest BCUT2D eigenvalue weighted by atomic mass is 19.4. The van der Waals surface area contributed by atoms with Crippen LogP contribution in [-0.2, 0) is 11.8 Å². The maximum Gasteiger partial charge on any atom is 0.402 e. The van der Waals surface area contributed by atoms with Gasteiger partial charge < -0.3 is 0 Å². The number of halogens is 3. The number of hydrogen-bond acceptors (Lipinski definition) is 4. The summed E-state index contributed by atoms with van der Waals surface area (Å²) in [5.74, 6) is -2.64. The second-order valence-corrected chi connectivity index (χ2v) is 11.1. The molecule has 2 aliphatic rings. The molecule has 1 atom stereocenters. The van der Waals surface area contributed by atoms with E-state index in [1.54, 1.807) is 12.1 Å². The Morgan fingerprint density at radius 2 is 1.05 bits per heavy atom. The normalized spacial score (nSPS) is 16.0. The summed E-state index contributed by atoms with van der Waals surface area (Å²) >= 11 is 0. The average molecular weight is 583 g/mol. The number of aryl methyl sites for hydroxylation is 1. The van der Waals surface area contributed by atoms with Crippen molar-refractivity contribution in [2.75, 3.05) is 11.9 Å². The minimum atomic E-state index is -4.86. The van der Waals surface area contributed by atoms with Crippen molar-refractivity contribution in [2.45, 2.75) is 31.9 Å². The molecule has 4 aromatic carbocycles. The fourth-order valence-corrected chi connectivity index (χ4v) is 5.66. The second-order valence-electron chi connectivity index (χ2n) is 11.1. The highest BCUT2D eigenvalue weighted by Gasteiger charge is 2.54. The second kappa shape index (κ2) is 9.76. The van der Waals surface area contributed by atoms with Crippen molar-refractivity contribution in [2.24, 2.45) is 0 Å². The number of amides is 4. The summed E-state index contributed by atoms with van der Waals surface area (Å²) in [7, 11) is 1.26. The Hall–Kier alpha value is -5.05. The van der Waals surface area contributed by atoms with Gasteiger partial charge in [0, 0.05) is 7.05 Å². The van der Waals surface area contributed by atoms with E-state index < -0.39 is 35.2 Å². The summed E-state index contributed by atoms with van der Waals surface area (Å²) in [6.07, 6.45) is -4.20. The lowest BCUT2D eigenvalue weighted by Crippen LogP contribution is -2.41. The Balaban J connectivity index is 1.34. The highest BCUT2D eigenvalue weighted by Crippen LogP contribution is 2.48. The van der Waals surface area contributed by atoms with Gasteiger partial charge >= 0.3 is 6.18 Å². The first-order valence-corrected chi connectivity index (χ1v) is 13.5. The van der Waals surface area contributed by atoms with Gasteiger partial charge in [-0.3, -0.25) is 24.1 Å². The third kappa shape index (κ3) is 4.34. The van der Waals surface area contributed by atoms with Gasteiger partial charge in [-0.15, -0.1) is 0 Å². The predicted molar refractivity (Wildman–Crippen MR) is 153 cm³/mol. The molecule has 6 nitrogen and oxygen atoms in total. The number of alkyl halides is 3. The van der Waals surface area contributed by atoms with Crippen LogP contribution in [0.2, 0.25) is 0 Å². The lowest BCUT2D eigenvalue weighted by molar-refractivity contribution is -0.173. The predicted octanol–water partition coefficient (Wildman–Crippen LogP) is 6.48. The number of fused-ring (bicyclic) bond motifs is 2. The van der Waals surface area contributed by atoms with Gasteiger partial charge in [0.25, 0.3) is 23.6 Å². The highest BCUT2D eigenvalue weighted by molar-refractivity contribution is 6.34. The topological polar surface area (TPSA) is 74.8 Å². The molecule has 9 heteroatoms. The molecule has 0 N–H and O–H groups in total. The van der Waals surface area contributed by atoms with E-state index in [2.05, 4.69) is 0 Å². The van der Waals surface area contributed by atoms with E-state index in [-0.39, 0.29) is 33.4 Å². The fourth-order valence-electron chi connectivity index (χ4n) is 5.66. The van der Waals surface area contributed by atoms with E-state index in [0.29, 0.717) is 12.1 Å². The van der Waals surface area contributed by atoms with Gasteiger partial charge in [-0.2, -0.15) is 13.2 Å². The molecule has 216 valence electrons. The van der Waals surface area contributed by atoms with Crippen LogP contribution < -0.4 is 4.90 Å². The number of carbonyl (C=O) groups excluding carboxylic acids is 4. The fraction of sp³-hybridized carbons (Fsp3) is 0.176. The summed E-state index contributed by atoms with van der Waals surface area (Å²) in [5.41, 5.74) is 0.0795. The zero-order valence-electron chi connectivity index (χ0n) is 23.5. The van der Waals surface area contributed by atoms with Crippen molar-refractivity contribution < 1.29 is 32.3 Å². The van der Waals surface area contributed by atoms with Crippen molar-refractivity contribution in [1.29, 1.82) is 0 Å². The third-order valence-corrected chi connectivity index (χ3v) is 8.42. The monoisotopic (exact) mass is 582 g/mol. The SMILES string of the molecule is Cc1ccc(Cc2ccc(N3C(=O)c4ccc(C(C)(c5ccc6c(c5)C(=O)N(C)C6=O)C(F)(F)F)cc4C3=O)cc2)cc1. The lowest BCUT2D eigenvalue weighted by atomic mass is 9.74. The molecule has 0 aromatic heterocycles. The van der Waals surface area contributed by atoms with E-state index in [0.717, 1.165) is 45.5 Å². The van der Waals surface area contributed by atoms with Crippen LogP contribution in [0.5, 0.6) is 0 Å². The number of hydrogen-bond donors (Lipinski definition) is 0. The van der Waals surface area contributed by atoms with Gasteiger partial charge in [-0.05, 0) is 78.9 Å². The summed E-state index contributed by atoms with van der Waals surface area (Å²) in [6, 6.07) is 22.0. The van der Waals surface area contributed by atoms with Crippen LogP contribution in [-0.4, -0.2) is 41.8 Å². The molecular formula is C34H25F3N2O4. The van der Waals surface area contributed by atoms with Gasteiger partial charge in [-0.25, -0.2) is 4.90 Å². The molecule has 0 bridgehead atoms. The first kappa shape index (κ1) is 28.1. The number of rotatable bonds is 5. The molecule has 4 aromatic rings. The van der Waals surface area contributed by atoms with Crippen molar-refractivity contribution in [3.63, 3.8) is 0 Å². The van der Waals surface area contributed by atoms with E-state index in [1.807, 2.05) is 43.3 Å². The van der Waals surface area contributed by atoms with Gasteiger partial charge in [0.15, 0.2) is 0 Å². The standard InChI is InChI=1S/C34H25F3N2O4/c1-19-4-6-20(7-5-19)16-21-8-12-24(13-9-21)39-31(42)26-15-11-23(18-28(26)32(39)43)33(2,34(35,36)37)22-10-14-25-27(17-22)30(41)38(3)29(25)40/h4-15,17-18H,16H2,1-3H3. The molecule has 0 fully saturated rings. The minimum Gasteiger partial charge on any atom is -0.277 e. The quantitative estimate of drug-likeness (QED) is 0.253. The van der Waals surface area contributed by atoms with Gasteiger partial charge in [0.05, 0.1) is 27.9 Å². The third-order valence-electron chi connectivity index (χ3n) is 8.42. The Morgan fingerprint density at radius 3 is 1.58 bits per heavy atom. The van der Waals surface area contributed by atoms with Gasteiger partial charge in [0.1, 0.15) is 5.41 Å². The molecule has 2 aliphatic heterocycles. The number of anilines is 1. The van der Waals surface area contributed by atoms with Crippen LogP contribution in [0.4, 0.5) is 18.9 Å². The number of carbonyl (C=O) groups is 4. The molecule has 2 heterocycles. The van der Waals surface area contributed by atoms with Crippen molar-refractivity contribution in [3.8, 4) is 0 Å². The maximum atomic E-state index is 14.8. The molecule has 0 radical (unpaired) electrons. The van der Waals surface area contributed by atoms with E-state index in [1.165, 1.54) is 31.3 Å².